The van der Waals surface area contributed by atoms with E-state index in [0.717, 1.165) is 66.0 Å². The molecule has 3 heterocycles. The second-order valence-electron chi connectivity index (χ2n) is 12.2. The summed E-state index contributed by atoms with van der Waals surface area (Å²) < 4.78 is 6.24. The summed E-state index contributed by atoms with van der Waals surface area (Å²) in [6, 6.07) is 17.4. The van der Waals surface area contributed by atoms with E-state index in [4.69, 9.17) is 9.73 Å². The highest BCUT2D eigenvalue weighted by atomic mass is 16.5. The third-order valence-corrected chi connectivity index (χ3v) is 8.16. The van der Waals surface area contributed by atoms with Crippen LogP contribution in [0, 0.1) is 12.8 Å². The minimum absolute atomic E-state index is 0.0368. The van der Waals surface area contributed by atoms with Gasteiger partial charge in [-0.25, -0.2) is 9.98 Å². The largest absolute Gasteiger partial charge is 0.415 e. The third kappa shape index (κ3) is 8.15. The van der Waals surface area contributed by atoms with Crippen LogP contribution in [0.4, 0.5) is 11.4 Å². The van der Waals surface area contributed by atoms with Gasteiger partial charge in [0.15, 0.2) is 0 Å². The van der Waals surface area contributed by atoms with Crippen molar-refractivity contribution in [2.24, 2.45) is 15.9 Å². The molecule has 1 saturated heterocycles. The minimum atomic E-state index is -0.169. The maximum atomic E-state index is 13.1. The average Bonchev–Trinajstić information content (AvgIpc) is 3.03. The number of carbonyl (C=O) groups excluding carboxylic acids is 2. The average molecular weight is 597 g/mol. The lowest BCUT2D eigenvalue weighted by Crippen LogP contribution is -2.58. The Bertz CT molecular complexity index is 1510. The van der Waals surface area contributed by atoms with E-state index in [2.05, 4.69) is 32.6 Å². The molecule has 1 amide bonds. The molecule has 10 heteroatoms. The summed E-state index contributed by atoms with van der Waals surface area (Å²) >= 11 is 0. The molecule has 2 aliphatic heterocycles. The number of amides is 1. The molecule has 5 rings (SSSR count). The summed E-state index contributed by atoms with van der Waals surface area (Å²) in [5.74, 6) is 0.107. The molecular formula is C34H42N7O3+. The summed E-state index contributed by atoms with van der Waals surface area (Å²) in [5.41, 5.74) is 5.33. The number of nitrogens with zero attached hydrogens (tertiary/aromatic N) is 5. The Balaban J connectivity index is 1.14. The molecule has 0 bridgehead atoms. The van der Waals surface area contributed by atoms with Crippen LogP contribution >= 0.6 is 0 Å². The van der Waals surface area contributed by atoms with E-state index in [9.17, 15) is 9.59 Å². The highest BCUT2D eigenvalue weighted by Gasteiger charge is 2.30. The van der Waals surface area contributed by atoms with Crippen LogP contribution in [0.25, 0.3) is 0 Å². The normalized spacial score (nSPS) is 18.0. The smallest absolute Gasteiger partial charge is 0.312 e. The number of esters is 1. The summed E-state index contributed by atoms with van der Waals surface area (Å²) in [6.45, 7) is 10.6. The number of guanidine groups is 1. The van der Waals surface area contributed by atoms with Gasteiger partial charge in [0, 0.05) is 61.6 Å². The number of aliphatic imine (C=N–C) groups is 2. The second kappa shape index (κ2) is 13.9. The van der Waals surface area contributed by atoms with E-state index in [1.54, 1.807) is 6.20 Å². The molecule has 230 valence electrons. The van der Waals surface area contributed by atoms with Crippen molar-refractivity contribution in [1.29, 1.82) is 0 Å². The number of aromatic nitrogens is 1. The Morgan fingerprint density at radius 3 is 2.57 bits per heavy atom. The number of pyridine rings is 1. The van der Waals surface area contributed by atoms with E-state index >= 15 is 0 Å². The molecule has 0 aliphatic carbocycles. The number of anilines is 2. The van der Waals surface area contributed by atoms with Crippen LogP contribution < -0.4 is 10.6 Å². The van der Waals surface area contributed by atoms with Crippen molar-refractivity contribution < 1.29 is 18.8 Å². The van der Waals surface area contributed by atoms with E-state index in [1.165, 1.54) is 0 Å². The minimum Gasteiger partial charge on any atom is -0.415 e. The Kier molecular flexibility index (Phi) is 9.82. The van der Waals surface area contributed by atoms with Crippen LogP contribution in [-0.2, 0) is 16.1 Å². The van der Waals surface area contributed by atoms with Crippen LogP contribution in [0.2, 0.25) is 0 Å². The fraction of sp³-hybridized carbons (Fsp3) is 0.382. The number of hydrogen-bond acceptors (Lipinski definition) is 8. The highest BCUT2D eigenvalue weighted by molar-refractivity contribution is 6.05. The van der Waals surface area contributed by atoms with E-state index in [0.29, 0.717) is 23.9 Å². The summed E-state index contributed by atoms with van der Waals surface area (Å²) in [4.78, 5) is 40.8. The van der Waals surface area contributed by atoms with Crippen LogP contribution in [0.15, 0.2) is 77.0 Å². The van der Waals surface area contributed by atoms with Gasteiger partial charge in [0.05, 0.1) is 32.1 Å². The number of rotatable bonds is 9. The fourth-order valence-corrected chi connectivity index (χ4v) is 5.16. The van der Waals surface area contributed by atoms with Crippen LogP contribution in [0.5, 0.6) is 0 Å². The molecule has 3 aromatic rings. The van der Waals surface area contributed by atoms with E-state index in [-0.39, 0.29) is 23.8 Å². The van der Waals surface area contributed by atoms with Crippen molar-refractivity contribution in [3.63, 3.8) is 0 Å². The topological polar surface area (TPSA) is 108 Å². The van der Waals surface area contributed by atoms with Crippen molar-refractivity contribution >= 4 is 35.4 Å². The van der Waals surface area contributed by atoms with Gasteiger partial charge in [0.2, 0.25) is 12.7 Å². The standard InChI is InChI=1S/C34H41N7O3/c1-24(2)33(43)44-23-41(4)18-16-40(17-19-41)22-26-8-10-27(11-9-26)32(42)37-29-12-7-25(3)31(20-29)39-34-36-15-13-30(38-34)28-6-5-14-35-21-28/h5-12,14-15,20-21,24,30H,13,16-19,22-23H2,1-4H3,(H-,37,38,39,42)/p+1. The number of benzene rings is 2. The maximum Gasteiger partial charge on any atom is 0.312 e. The molecule has 1 unspecified atom stereocenters. The van der Waals surface area contributed by atoms with Gasteiger partial charge in [-0.05, 0) is 53.9 Å². The number of nitrogens with one attached hydrogen (secondary N) is 2. The monoisotopic (exact) mass is 596 g/mol. The molecule has 2 aliphatic rings. The first-order valence-electron chi connectivity index (χ1n) is 15.2. The van der Waals surface area contributed by atoms with Gasteiger partial charge in [-0.15, -0.1) is 0 Å². The SMILES string of the molecule is Cc1ccc(NC(=O)c2ccc(CN3CC[N+](C)(COC(=O)C(C)C)CC3)cc2)cc1NC1=NC(c2cccnc2)CC=N1. The Hall–Kier alpha value is -4.41. The van der Waals surface area contributed by atoms with E-state index in [1.807, 2.05) is 87.8 Å². The van der Waals surface area contributed by atoms with Gasteiger partial charge < -0.3 is 15.4 Å². The lowest BCUT2D eigenvalue weighted by Gasteiger charge is -2.41. The molecule has 44 heavy (non-hydrogen) atoms. The molecule has 0 spiro atoms. The first kappa shape index (κ1) is 31.0. The Labute approximate surface area is 259 Å². The molecule has 10 nitrogen and oxygen atoms in total. The lowest BCUT2D eigenvalue weighted by atomic mass is 10.1. The zero-order valence-electron chi connectivity index (χ0n) is 26.0. The number of hydrogen-bond donors (Lipinski definition) is 2. The van der Waals surface area contributed by atoms with Gasteiger partial charge in [-0.2, -0.15) is 0 Å². The predicted molar refractivity (Wildman–Crippen MR) is 174 cm³/mol. The van der Waals surface area contributed by atoms with Crippen molar-refractivity contribution in [1.82, 2.24) is 9.88 Å². The Morgan fingerprint density at radius 2 is 1.86 bits per heavy atom. The van der Waals surface area contributed by atoms with Crippen LogP contribution in [0.1, 0.15) is 53.4 Å². The van der Waals surface area contributed by atoms with Crippen LogP contribution in [-0.4, -0.2) is 78.4 Å². The lowest BCUT2D eigenvalue weighted by molar-refractivity contribution is -0.929. The van der Waals surface area contributed by atoms with E-state index < -0.39 is 0 Å². The quantitative estimate of drug-likeness (QED) is 0.265. The van der Waals surface area contributed by atoms with Gasteiger partial charge >= 0.3 is 5.97 Å². The summed E-state index contributed by atoms with van der Waals surface area (Å²) in [7, 11) is 2.14. The fourth-order valence-electron chi connectivity index (χ4n) is 5.16. The third-order valence-electron chi connectivity index (χ3n) is 8.16. The first-order chi connectivity index (χ1) is 21.2. The van der Waals surface area contributed by atoms with Gasteiger partial charge in [-0.3, -0.25) is 24.0 Å². The van der Waals surface area contributed by atoms with Crippen molar-refractivity contribution in [3.8, 4) is 0 Å². The number of carbonyl (C=O) groups is 2. The van der Waals surface area contributed by atoms with Gasteiger partial charge in [-0.1, -0.05) is 38.1 Å². The molecule has 1 aromatic heterocycles. The molecule has 0 radical (unpaired) electrons. The second-order valence-corrected chi connectivity index (χ2v) is 12.2. The number of ether oxygens (including phenoxy) is 1. The number of likely N-dealkylation sites (N-methyl/N-ethyl adjacent to an activating group) is 1. The predicted octanol–water partition coefficient (Wildman–Crippen LogP) is 5.04. The van der Waals surface area contributed by atoms with Crippen molar-refractivity contribution in [2.45, 2.75) is 39.8 Å². The zero-order valence-corrected chi connectivity index (χ0v) is 26.0. The molecule has 2 N–H and O–H groups in total. The molecule has 1 atom stereocenters. The number of quaternary nitrogens is 1. The number of aryl methyl sites for hydroxylation is 1. The zero-order chi connectivity index (χ0) is 31.1. The highest BCUT2D eigenvalue weighted by Crippen LogP contribution is 2.25. The summed E-state index contributed by atoms with van der Waals surface area (Å²) in [6.07, 6.45) is 6.17. The first-order valence-corrected chi connectivity index (χ1v) is 15.2. The maximum absolute atomic E-state index is 13.1. The van der Waals surface area contributed by atoms with Crippen molar-refractivity contribution in [2.75, 3.05) is 50.6 Å². The van der Waals surface area contributed by atoms with Crippen molar-refractivity contribution in [3.05, 3.63) is 89.2 Å². The molecule has 0 saturated carbocycles. The van der Waals surface area contributed by atoms with Gasteiger partial charge in [0.1, 0.15) is 0 Å². The Morgan fingerprint density at radius 1 is 1.09 bits per heavy atom. The summed E-state index contributed by atoms with van der Waals surface area (Å²) in [5, 5.41) is 6.34. The number of piperazine rings is 1. The molecule has 1 fully saturated rings. The molecule has 2 aromatic carbocycles. The van der Waals surface area contributed by atoms with Crippen LogP contribution in [0.3, 0.4) is 0 Å². The molecular weight excluding hydrogens is 554 g/mol. The van der Waals surface area contributed by atoms with Gasteiger partial charge in [0.25, 0.3) is 5.91 Å².